The molecule has 0 aliphatic rings. The zero-order chi connectivity index (χ0) is 10.3. The Morgan fingerprint density at radius 2 is 2.23 bits per heavy atom. The largest absolute Gasteiger partial charge is 0.354 e. The number of hydrogen-bond donors (Lipinski definition) is 2. The van der Waals surface area contributed by atoms with Gasteiger partial charge in [-0.05, 0) is 12.2 Å². The molecular weight excluding hydrogens is 184 g/mol. The standard InChI is InChI=1S/C9H20N2OS/c1-4-7(2)8(10)9(12)11-5-6-13-3/h7-8H,4-6,10H2,1-3H3,(H,11,12)/t7?,8-/m0/s1. The highest BCUT2D eigenvalue weighted by molar-refractivity contribution is 7.98. The summed E-state index contributed by atoms with van der Waals surface area (Å²) in [7, 11) is 0. The number of rotatable bonds is 6. The third kappa shape index (κ3) is 5.16. The minimum atomic E-state index is -0.355. The summed E-state index contributed by atoms with van der Waals surface area (Å²) >= 11 is 1.71. The number of amides is 1. The van der Waals surface area contributed by atoms with Crippen LogP contribution < -0.4 is 11.1 Å². The van der Waals surface area contributed by atoms with E-state index in [9.17, 15) is 4.79 Å². The molecule has 0 saturated heterocycles. The summed E-state index contributed by atoms with van der Waals surface area (Å²) in [5.41, 5.74) is 5.73. The van der Waals surface area contributed by atoms with E-state index in [1.807, 2.05) is 20.1 Å². The lowest BCUT2D eigenvalue weighted by Gasteiger charge is -2.17. The maximum absolute atomic E-state index is 11.4. The van der Waals surface area contributed by atoms with Crippen LogP contribution in [0.4, 0.5) is 0 Å². The zero-order valence-electron chi connectivity index (χ0n) is 8.67. The van der Waals surface area contributed by atoms with Gasteiger partial charge in [0.1, 0.15) is 0 Å². The normalized spacial score (nSPS) is 15.1. The molecule has 13 heavy (non-hydrogen) atoms. The Kier molecular flexibility index (Phi) is 7.09. The molecule has 2 atom stereocenters. The smallest absolute Gasteiger partial charge is 0.237 e. The summed E-state index contributed by atoms with van der Waals surface area (Å²) in [6.07, 6.45) is 2.96. The van der Waals surface area contributed by atoms with Crippen LogP contribution in [0.15, 0.2) is 0 Å². The van der Waals surface area contributed by atoms with Crippen LogP contribution >= 0.6 is 11.8 Å². The first kappa shape index (κ1) is 12.8. The van der Waals surface area contributed by atoms with E-state index >= 15 is 0 Å². The third-order valence-electron chi connectivity index (χ3n) is 2.17. The van der Waals surface area contributed by atoms with Crippen LogP contribution in [-0.4, -0.2) is 30.5 Å². The van der Waals surface area contributed by atoms with Crippen LogP contribution in [0.2, 0.25) is 0 Å². The summed E-state index contributed by atoms with van der Waals surface area (Å²) < 4.78 is 0. The van der Waals surface area contributed by atoms with Crippen molar-refractivity contribution >= 4 is 17.7 Å². The lowest BCUT2D eigenvalue weighted by Crippen LogP contribution is -2.45. The average molecular weight is 204 g/mol. The molecule has 0 aromatic carbocycles. The fourth-order valence-corrected chi connectivity index (χ4v) is 1.21. The second-order valence-electron chi connectivity index (χ2n) is 3.20. The van der Waals surface area contributed by atoms with Crippen molar-refractivity contribution in [2.24, 2.45) is 11.7 Å². The molecule has 0 aliphatic heterocycles. The van der Waals surface area contributed by atoms with Gasteiger partial charge < -0.3 is 11.1 Å². The molecule has 3 N–H and O–H groups in total. The fourth-order valence-electron chi connectivity index (χ4n) is 0.906. The van der Waals surface area contributed by atoms with Crippen LogP contribution in [0.25, 0.3) is 0 Å². The number of thioether (sulfide) groups is 1. The second-order valence-corrected chi connectivity index (χ2v) is 4.18. The van der Waals surface area contributed by atoms with E-state index in [4.69, 9.17) is 5.73 Å². The van der Waals surface area contributed by atoms with Gasteiger partial charge in [-0.3, -0.25) is 4.79 Å². The summed E-state index contributed by atoms with van der Waals surface area (Å²) in [4.78, 5) is 11.4. The minimum absolute atomic E-state index is 0.0246. The molecule has 3 nitrogen and oxygen atoms in total. The van der Waals surface area contributed by atoms with Crippen molar-refractivity contribution in [3.63, 3.8) is 0 Å². The molecule has 0 aliphatic carbocycles. The van der Waals surface area contributed by atoms with Gasteiger partial charge in [-0.25, -0.2) is 0 Å². The van der Waals surface area contributed by atoms with Crippen molar-refractivity contribution in [2.75, 3.05) is 18.6 Å². The minimum Gasteiger partial charge on any atom is -0.354 e. The Morgan fingerprint density at radius 3 is 2.69 bits per heavy atom. The van der Waals surface area contributed by atoms with E-state index in [0.717, 1.165) is 12.2 Å². The maximum atomic E-state index is 11.4. The van der Waals surface area contributed by atoms with Gasteiger partial charge in [0.25, 0.3) is 0 Å². The van der Waals surface area contributed by atoms with Crippen LogP contribution in [0.5, 0.6) is 0 Å². The summed E-state index contributed by atoms with van der Waals surface area (Å²) in [6, 6.07) is -0.355. The Balaban J connectivity index is 3.69. The molecule has 0 radical (unpaired) electrons. The molecule has 0 aromatic heterocycles. The van der Waals surface area contributed by atoms with Gasteiger partial charge in [-0.2, -0.15) is 11.8 Å². The van der Waals surface area contributed by atoms with Gasteiger partial charge in [0.15, 0.2) is 0 Å². The van der Waals surface area contributed by atoms with Crippen LogP contribution in [0.1, 0.15) is 20.3 Å². The molecule has 0 saturated carbocycles. The second kappa shape index (κ2) is 7.21. The molecule has 0 bridgehead atoms. The van der Waals surface area contributed by atoms with E-state index < -0.39 is 0 Å². The number of nitrogens with two attached hydrogens (primary N) is 1. The summed E-state index contributed by atoms with van der Waals surface area (Å²) in [5.74, 6) is 1.18. The Hall–Kier alpha value is -0.220. The van der Waals surface area contributed by atoms with E-state index in [-0.39, 0.29) is 17.9 Å². The van der Waals surface area contributed by atoms with E-state index in [0.29, 0.717) is 6.54 Å². The summed E-state index contributed by atoms with van der Waals surface area (Å²) in [6.45, 7) is 4.75. The maximum Gasteiger partial charge on any atom is 0.237 e. The lowest BCUT2D eigenvalue weighted by molar-refractivity contribution is -0.123. The third-order valence-corrected chi connectivity index (χ3v) is 2.78. The molecule has 0 aromatic rings. The fraction of sp³-hybridized carbons (Fsp3) is 0.889. The molecular formula is C9H20N2OS. The molecule has 0 fully saturated rings. The molecule has 1 amide bonds. The van der Waals surface area contributed by atoms with Gasteiger partial charge in [-0.15, -0.1) is 0 Å². The van der Waals surface area contributed by atoms with Crippen LogP contribution in [-0.2, 0) is 4.79 Å². The number of carbonyl (C=O) groups excluding carboxylic acids is 1. The first-order chi connectivity index (χ1) is 6.13. The van der Waals surface area contributed by atoms with Crippen molar-refractivity contribution in [3.8, 4) is 0 Å². The predicted octanol–water partition coefficient (Wildman–Crippen LogP) is 0.839. The topological polar surface area (TPSA) is 55.1 Å². The predicted molar refractivity (Wildman–Crippen MR) is 58.8 cm³/mol. The molecule has 1 unspecified atom stereocenters. The van der Waals surface area contributed by atoms with E-state index in [2.05, 4.69) is 5.32 Å². The van der Waals surface area contributed by atoms with Crippen molar-refractivity contribution in [2.45, 2.75) is 26.3 Å². The first-order valence-electron chi connectivity index (χ1n) is 4.65. The van der Waals surface area contributed by atoms with E-state index in [1.165, 1.54) is 0 Å². The number of hydrogen-bond acceptors (Lipinski definition) is 3. The highest BCUT2D eigenvalue weighted by atomic mass is 32.2. The number of carbonyl (C=O) groups is 1. The quantitative estimate of drug-likeness (QED) is 0.630. The molecule has 78 valence electrons. The van der Waals surface area contributed by atoms with Crippen molar-refractivity contribution < 1.29 is 4.79 Å². The number of nitrogens with one attached hydrogen (secondary N) is 1. The Labute approximate surface area is 84.8 Å². The van der Waals surface area contributed by atoms with Gasteiger partial charge in [0.2, 0.25) is 5.91 Å². The van der Waals surface area contributed by atoms with Gasteiger partial charge in [-0.1, -0.05) is 20.3 Å². The van der Waals surface area contributed by atoms with Crippen molar-refractivity contribution in [1.29, 1.82) is 0 Å². The average Bonchev–Trinajstić information content (AvgIpc) is 2.15. The highest BCUT2D eigenvalue weighted by Crippen LogP contribution is 2.04. The van der Waals surface area contributed by atoms with Crippen LogP contribution in [0.3, 0.4) is 0 Å². The molecule has 4 heteroatoms. The molecule has 0 rings (SSSR count). The Morgan fingerprint density at radius 1 is 1.62 bits per heavy atom. The zero-order valence-corrected chi connectivity index (χ0v) is 9.49. The monoisotopic (exact) mass is 204 g/mol. The lowest BCUT2D eigenvalue weighted by atomic mass is 9.99. The van der Waals surface area contributed by atoms with E-state index in [1.54, 1.807) is 11.8 Å². The molecule has 0 spiro atoms. The van der Waals surface area contributed by atoms with Gasteiger partial charge in [0.05, 0.1) is 6.04 Å². The molecule has 0 heterocycles. The van der Waals surface area contributed by atoms with Crippen molar-refractivity contribution in [3.05, 3.63) is 0 Å². The summed E-state index contributed by atoms with van der Waals surface area (Å²) in [5, 5.41) is 2.81. The van der Waals surface area contributed by atoms with Gasteiger partial charge in [0, 0.05) is 12.3 Å². The SMILES string of the molecule is CCC(C)[C@H](N)C(=O)NCCSC. The van der Waals surface area contributed by atoms with Crippen molar-refractivity contribution in [1.82, 2.24) is 5.32 Å². The highest BCUT2D eigenvalue weighted by Gasteiger charge is 2.18. The Bertz CT molecular complexity index is 153. The first-order valence-corrected chi connectivity index (χ1v) is 6.05. The van der Waals surface area contributed by atoms with Gasteiger partial charge >= 0.3 is 0 Å². The van der Waals surface area contributed by atoms with Crippen LogP contribution in [0, 0.1) is 5.92 Å².